The molecule has 0 aliphatic heterocycles. The van der Waals surface area contributed by atoms with Gasteiger partial charge in [-0.3, -0.25) is 13.7 Å². The van der Waals surface area contributed by atoms with Crippen molar-refractivity contribution in [1.29, 1.82) is 0 Å². The molecule has 5 N–H and O–H groups in total. The largest absolute Gasteiger partial charge is 0.505 e. The van der Waals surface area contributed by atoms with Gasteiger partial charge in [0.1, 0.15) is 61.2 Å². The molecular formula is C43H37N7O14S3. The van der Waals surface area contributed by atoms with Crippen LogP contribution in [-0.4, -0.2) is 72.5 Å². The molecule has 0 bridgehead atoms. The zero-order valence-electron chi connectivity index (χ0n) is 35.4. The molecule has 67 heavy (non-hydrogen) atoms. The van der Waals surface area contributed by atoms with Crippen LogP contribution in [0.3, 0.4) is 0 Å². The molecule has 346 valence electrons. The molecule has 21 nitrogen and oxygen atoms in total. The topological polar surface area (TPSA) is 306 Å². The quantitative estimate of drug-likeness (QED) is 0.0444. The number of aromatic hydroxyl groups is 1. The monoisotopic (exact) mass is 971 g/mol. The molecule has 24 heteroatoms. The maximum absolute atomic E-state index is 12.6. The van der Waals surface area contributed by atoms with Crippen molar-refractivity contribution >= 4 is 91.7 Å². The number of rotatable bonds is 16. The number of fused-ring (bicyclic) bond motifs is 2. The fraction of sp³-hybridized carbons (Fsp3) is 0.116. The molecular weight excluding hydrogens is 935 g/mol. The van der Waals surface area contributed by atoms with Crippen molar-refractivity contribution in [2.24, 2.45) is 30.7 Å². The fourth-order valence-corrected chi connectivity index (χ4v) is 8.64. The SMILES string of the molecule is COc1cc(N=Nc2cc(OC)c(N=Nc3c(S(=O)(=O)O)cc4cc(NCc5ccccc5)ccc4c3O)cc2OC)c(OC)cc1N=Nc1ccc2cc(S(=O)(=O)O)cc(S(=O)(=O)O)c2c1. The van der Waals surface area contributed by atoms with E-state index in [9.17, 15) is 44.0 Å². The summed E-state index contributed by atoms with van der Waals surface area (Å²) in [6.45, 7) is 0.478. The zero-order chi connectivity index (χ0) is 48.3. The van der Waals surface area contributed by atoms with Crippen LogP contribution in [0.15, 0.2) is 155 Å². The average molecular weight is 972 g/mol. The maximum Gasteiger partial charge on any atom is 0.296 e. The van der Waals surface area contributed by atoms with E-state index in [-0.39, 0.29) is 67.6 Å². The van der Waals surface area contributed by atoms with Crippen molar-refractivity contribution in [3.05, 3.63) is 115 Å². The summed E-state index contributed by atoms with van der Waals surface area (Å²) < 4.78 is 125. The Hall–Kier alpha value is -7.61. The van der Waals surface area contributed by atoms with Gasteiger partial charge in [-0.1, -0.05) is 36.4 Å². The van der Waals surface area contributed by atoms with Crippen LogP contribution in [0.2, 0.25) is 0 Å². The van der Waals surface area contributed by atoms with Crippen LogP contribution in [0, 0.1) is 0 Å². The van der Waals surface area contributed by atoms with Crippen LogP contribution in [0.5, 0.6) is 28.7 Å². The Morgan fingerprint density at radius 2 is 1.01 bits per heavy atom. The number of nitrogens with one attached hydrogen (secondary N) is 1. The molecule has 0 atom stereocenters. The lowest BCUT2D eigenvalue weighted by molar-refractivity contribution is 0.403. The predicted molar refractivity (Wildman–Crippen MR) is 244 cm³/mol. The Balaban J connectivity index is 1.18. The normalized spacial score (nSPS) is 12.4. The van der Waals surface area contributed by atoms with Gasteiger partial charge in [-0.2, -0.15) is 30.4 Å². The lowest BCUT2D eigenvalue weighted by atomic mass is 10.1. The minimum atomic E-state index is -4.96. The number of hydrogen-bond acceptors (Lipinski definition) is 18. The van der Waals surface area contributed by atoms with Crippen molar-refractivity contribution in [2.45, 2.75) is 21.2 Å². The van der Waals surface area contributed by atoms with Crippen LogP contribution in [0.1, 0.15) is 5.56 Å². The molecule has 0 saturated carbocycles. The molecule has 0 saturated heterocycles. The van der Waals surface area contributed by atoms with Gasteiger partial charge < -0.3 is 29.4 Å². The number of azo groups is 3. The number of anilines is 1. The first-order valence-corrected chi connectivity index (χ1v) is 23.5. The Morgan fingerprint density at radius 1 is 0.493 bits per heavy atom. The van der Waals surface area contributed by atoms with E-state index in [2.05, 4.69) is 36.0 Å². The van der Waals surface area contributed by atoms with E-state index >= 15 is 0 Å². The number of hydrogen-bond donors (Lipinski definition) is 5. The highest BCUT2D eigenvalue weighted by molar-refractivity contribution is 7.87. The molecule has 7 rings (SSSR count). The number of phenolic OH excluding ortho intramolecular Hbond substituents is 1. The second-order valence-electron chi connectivity index (χ2n) is 14.1. The van der Waals surface area contributed by atoms with Crippen LogP contribution in [0.25, 0.3) is 21.5 Å². The number of methoxy groups -OCH3 is 4. The second kappa shape index (κ2) is 19.1. The van der Waals surface area contributed by atoms with E-state index in [1.165, 1.54) is 77.0 Å². The van der Waals surface area contributed by atoms with E-state index in [0.717, 1.165) is 11.6 Å². The van der Waals surface area contributed by atoms with E-state index in [1.807, 2.05) is 30.3 Å². The van der Waals surface area contributed by atoms with E-state index in [0.29, 0.717) is 23.7 Å². The van der Waals surface area contributed by atoms with E-state index in [4.69, 9.17) is 18.9 Å². The predicted octanol–water partition coefficient (Wildman–Crippen LogP) is 10.3. The third-order valence-electron chi connectivity index (χ3n) is 9.87. The first kappa shape index (κ1) is 47.4. The molecule has 0 aliphatic rings. The number of ether oxygens (including phenoxy) is 4. The number of benzene rings is 7. The van der Waals surface area contributed by atoms with E-state index < -0.39 is 56.5 Å². The van der Waals surface area contributed by atoms with Gasteiger partial charge in [0.25, 0.3) is 30.4 Å². The van der Waals surface area contributed by atoms with Gasteiger partial charge >= 0.3 is 0 Å². The summed E-state index contributed by atoms with van der Waals surface area (Å²) in [4.78, 5) is -2.22. The average Bonchev–Trinajstić information content (AvgIpc) is 3.30. The summed E-state index contributed by atoms with van der Waals surface area (Å²) in [7, 11) is -9.33. The summed E-state index contributed by atoms with van der Waals surface area (Å²) in [5.41, 5.74) is 1.59. The van der Waals surface area contributed by atoms with Crippen LogP contribution in [0.4, 0.5) is 39.8 Å². The fourth-order valence-electron chi connectivity index (χ4n) is 6.63. The molecule has 0 amide bonds. The van der Waals surface area contributed by atoms with Crippen LogP contribution >= 0.6 is 0 Å². The molecule has 0 aromatic heterocycles. The standard InChI is InChI=1S/C43H37N7O14S3/c1-61-36-20-33(37(62-2)19-32(36)46-45-28-11-10-25-15-29(65(52,53)54)18-40(31(25)17-28)66(55,56)57)47-48-34-21-39(64-4)35(22-38(34)63-3)49-50-42-41(67(58,59)60)16-26-14-27(12-13-30(26)43(42)51)44-23-24-8-6-5-7-9-24/h5-22,44,51H,23H2,1-4H3,(H,52,53,54)(H,55,56,57)(H,58,59,60). The number of nitrogens with zero attached hydrogens (tertiary/aromatic N) is 6. The molecule has 7 aromatic carbocycles. The highest BCUT2D eigenvalue weighted by Gasteiger charge is 2.24. The van der Waals surface area contributed by atoms with Crippen LogP contribution < -0.4 is 24.3 Å². The first-order chi connectivity index (χ1) is 31.8. The van der Waals surface area contributed by atoms with Gasteiger partial charge in [0.2, 0.25) is 0 Å². The lowest BCUT2D eigenvalue weighted by Crippen LogP contribution is -2.04. The highest BCUT2D eigenvalue weighted by atomic mass is 32.2. The third-order valence-corrected chi connectivity index (χ3v) is 12.5. The number of phenols is 1. The Kier molecular flexibility index (Phi) is 13.5. The smallest absolute Gasteiger partial charge is 0.296 e. The van der Waals surface area contributed by atoms with E-state index in [1.54, 1.807) is 18.2 Å². The Morgan fingerprint density at radius 3 is 1.52 bits per heavy atom. The van der Waals surface area contributed by atoms with Gasteiger partial charge in [0, 0.05) is 47.3 Å². The summed E-state index contributed by atoms with van der Waals surface area (Å²) in [6.07, 6.45) is 0. The maximum atomic E-state index is 12.6. The van der Waals surface area contributed by atoms with Gasteiger partial charge in [0.05, 0.1) is 39.0 Å². The van der Waals surface area contributed by atoms with Crippen molar-refractivity contribution < 1.29 is 63.0 Å². The molecule has 0 fully saturated rings. The van der Waals surface area contributed by atoms with Gasteiger partial charge in [0.15, 0.2) is 5.75 Å². The third kappa shape index (κ3) is 10.6. The molecule has 0 unspecified atom stereocenters. The molecule has 0 heterocycles. The van der Waals surface area contributed by atoms with Gasteiger partial charge in [-0.25, -0.2) is 0 Å². The lowest BCUT2D eigenvalue weighted by Gasteiger charge is -2.12. The summed E-state index contributed by atoms with van der Waals surface area (Å²) in [5.74, 6) is -0.108. The summed E-state index contributed by atoms with van der Waals surface area (Å²) >= 11 is 0. The first-order valence-electron chi connectivity index (χ1n) is 19.2. The Labute approximate surface area is 382 Å². The van der Waals surface area contributed by atoms with Crippen molar-refractivity contribution in [1.82, 2.24) is 0 Å². The zero-order valence-corrected chi connectivity index (χ0v) is 37.8. The molecule has 7 aromatic rings. The summed E-state index contributed by atoms with van der Waals surface area (Å²) in [5, 5.41) is 40.2. The van der Waals surface area contributed by atoms with Crippen molar-refractivity contribution in [2.75, 3.05) is 33.8 Å². The highest BCUT2D eigenvalue weighted by Crippen LogP contribution is 2.46. The molecule has 0 spiro atoms. The minimum absolute atomic E-state index is 0.0111. The van der Waals surface area contributed by atoms with Gasteiger partial charge in [-0.05, 0) is 64.9 Å². The molecule has 0 aliphatic carbocycles. The summed E-state index contributed by atoms with van der Waals surface area (Å²) in [6, 6.07) is 26.9. The van der Waals surface area contributed by atoms with Crippen molar-refractivity contribution in [3.8, 4) is 28.7 Å². The van der Waals surface area contributed by atoms with Gasteiger partial charge in [-0.15, -0.1) is 25.6 Å². The minimum Gasteiger partial charge on any atom is -0.505 e. The molecule has 0 radical (unpaired) electrons. The second-order valence-corrected chi connectivity index (χ2v) is 18.3. The Bertz CT molecular complexity index is 3520. The van der Waals surface area contributed by atoms with Crippen LogP contribution in [-0.2, 0) is 36.9 Å². The van der Waals surface area contributed by atoms with Crippen molar-refractivity contribution in [3.63, 3.8) is 0 Å².